The Morgan fingerprint density at radius 2 is 1.85 bits per heavy atom. The van der Waals surface area contributed by atoms with Crippen LogP contribution in [0.5, 0.6) is 0 Å². The maximum Gasteiger partial charge on any atom is 0.176 e. The lowest BCUT2D eigenvalue weighted by molar-refractivity contribution is -0.127. The first kappa shape index (κ1) is 22.3. The number of allylic oxidation sites excluding steroid dienone is 4. The van der Waals surface area contributed by atoms with Gasteiger partial charge in [0.15, 0.2) is 11.6 Å². The number of hydrogen-bond acceptors (Lipinski definition) is 5. The molecule has 0 unspecified atom stereocenters. The summed E-state index contributed by atoms with van der Waals surface area (Å²) < 4.78 is 0. The van der Waals surface area contributed by atoms with Crippen LogP contribution in [0.3, 0.4) is 0 Å². The molecule has 5 heteroatoms. The minimum atomic E-state index is -1.76. The molecule has 26 heavy (non-hydrogen) atoms. The van der Waals surface area contributed by atoms with Crippen LogP contribution in [0.1, 0.15) is 60.3 Å². The summed E-state index contributed by atoms with van der Waals surface area (Å²) in [5.41, 5.74) is -0.177. The summed E-state index contributed by atoms with van der Waals surface area (Å²) in [4.78, 5) is 25.3. The van der Waals surface area contributed by atoms with Crippen molar-refractivity contribution in [3.63, 3.8) is 0 Å². The fourth-order valence-corrected chi connectivity index (χ4v) is 3.08. The molecule has 1 aliphatic rings. The maximum absolute atomic E-state index is 12.8. The zero-order valence-corrected chi connectivity index (χ0v) is 16.5. The fraction of sp³-hybridized carbons (Fsp3) is 0.619. The van der Waals surface area contributed by atoms with Crippen LogP contribution < -0.4 is 0 Å². The van der Waals surface area contributed by atoms with Crippen LogP contribution in [0.4, 0.5) is 0 Å². The molecule has 146 valence electrons. The molecule has 0 heterocycles. The van der Waals surface area contributed by atoms with Crippen molar-refractivity contribution < 1.29 is 24.9 Å². The van der Waals surface area contributed by atoms with E-state index in [1.54, 1.807) is 26.8 Å². The van der Waals surface area contributed by atoms with E-state index < -0.39 is 34.8 Å². The number of aliphatic hydroxyl groups excluding tert-OH is 2. The van der Waals surface area contributed by atoms with E-state index >= 15 is 0 Å². The first-order valence-electron chi connectivity index (χ1n) is 9.26. The molecule has 0 radical (unpaired) electrons. The second-order valence-electron chi connectivity index (χ2n) is 7.47. The van der Waals surface area contributed by atoms with Crippen molar-refractivity contribution in [2.45, 2.75) is 65.9 Å². The average Bonchev–Trinajstić information content (AvgIpc) is 2.78. The van der Waals surface area contributed by atoms with Gasteiger partial charge in [0.2, 0.25) is 0 Å². The summed E-state index contributed by atoms with van der Waals surface area (Å²) in [6, 6.07) is 0. The van der Waals surface area contributed by atoms with Crippen LogP contribution in [-0.4, -0.2) is 39.1 Å². The molecule has 0 saturated heterocycles. The fourth-order valence-electron chi connectivity index (χ4n) is 3.08. The van der Waals surface area contributed by atoms with Crippen molar-refractivity contribution in [1.82, 2.24) is 0 Å². The average molecular weight is 364 g/mol. The van der Waals surface area contributed by atoms with Crippen LogP contribution in [0.15, 0.2) is 34.6 Å². The molecule has 1 aliphatic carbocycles. The van der Waals surface area contributed by atoms with Gasteiger partial charge in [0.25, 0.3) is 0 Å². The maximum atomic E-state index is 12.8. The van der Waals surface area contributed by atoms with Gasteiger partial charge < -0.3 is 15.3 Å². The summed E-state index contributed by atoms with van der Waals surface area (Å²) in [5, 5.41) is 30.9. The van der Waals surface area contributed by atoms with E-state index in [0.717, 1.165) is 17.6 Å². The van der Waals surface area contributed by atoms with E-state index in [0.29, 0.717) is 6.42 Å². The molecule has 1 rings (SSSR count). The van der Waals surface area contributed by atoms with Gasteiger partial charge in [-0.2, -0.15) is 0 Å². The second-order valence-corrected chi connectivity index (χ2v) is 7.47. The third-order valence-electron chi connectivity index (χ3n) is 5.08. The zero-order valence-electron chi connectivity index (χ0n) is 16.5. The zero-order chi connectivity index (χ0) is 20.1. The number of Topliss-reactive ketones (excluding diaryl/α,β-unsaturated/α-hetero) is 2. The highest BCUT2D eigenvalue weighted by Gasteiger charge is 2.54. The lowest BCUT2D eigenvalue weighted by Gasteiger charge is -2.29. The molecule has 3 N–H and O–H groups in total. The SMILES string of the molecule is CCC(C)=CC[C@@H]1C(=O)C(C(=O)C(C)C)=C(O)[C@]1(O)CCC=C(C)CO. The lowest BCUT2D eigenvalue weighted by Crippen LogP contribution is -2.38. The molecule has 0 saturated carbocycles. The Morgan fingerprint density at radius 1 is 1.23 bits per heavy atom. The molecule has 0 aromatic rings. The van der Waals surface area contributed by atoms with Crippen LogP contribution in [0, 0.1) is 11.8 Å². The van der Waals surface area contributed by atoms with E-state index in [9.17, 15) is 19.8 Å². The van der Waals surface area contributed by atoms with E-state index in [2.05, 4.69) is 0 Å². The second kappa shape index (κ2) is 9.28. The first-order chi connectivity index (χ1) is 12.1. The predicted octanol–water partition coefficient (Wildman–Crippen LogP) is 3.42. The smallest absolute Gasteiger partial charge is 0.176 e. The summed E-state index contributed by atoms with van der Waals surface area (Å²) in [6.07, 6.45) is 5.25. The van der Waals surface area contributed by atoms with Gasteiger partial charge in [-0.1, -0.05) is 44.1 Å². The van der Waals surface area contributed by atoms with Gasteiger partial charge in [-0.3, -0.25) is 9.59 Å². The Hall–Kier alpha value is -1.72. The van der Waals surface area contributed by atoms with Crippen LogP contribution >= 0.6 is 0 Å². The summed E-state index contributed by atoms with van der Waals surface area (Å²) >= 11 is 0. The Bertz CT molecular complexity index is 639. The van der Waals surface area contributed by atoms with Crippen molar-refractivity contribution in [1.29, 1.82) is 0 Å². The molecule has 0 aromatic carbocycles. The van der Waals surface area contributed by atoms with Crippen molar-refractivity contribution in [3.8, 4) is 0 Å². The number of rotatable bonds is 9. The molecule has 0 amide bonds. The monoisotopic (exact) mass is 364 g/mol. The van der Waals surface area contributed by atoms with Gasteiger partial charge in [-0.15, -0.1) is 0 Å². The summed E-state index contributed by atoms with van der Waals surface area (Å²) in [5.74, 6) is -2.73. The van der Waals surface area contributed by atoms with E-state index in [-0.39, 0.29) is 25.0 Å². The topological polar surface area (TPSA) is 94.8 Å². The highest BCUT2D eigenvalue weighted by atomic mass is 16.3. The van der Waals surface area contributed by atoms with E-state index in [4.69, 9.17) is 5.11 Å². The third kappa shape index (κ3) is 4.71. The van der Waals surface area contributed by atoms with Gasteiger partial charge in [-0.25, -0.2) is 0 Å². The Morgan fingerprint density at radius 3 is 2.35 bits per heavy atom. The number of ketones is 2. The Balaban J connectivity index is 3.25. The summed E-state index contributed by atoms with van der Waals surface area (Å²) in [7, 11) is 0. The predicted molar refractivity (Wildman–Crippen MR) is 102 cm³/mol. The molecular formula is C21H32O5. The Labute approximate surface area is 156 Å². The standard InChI is InChI=1S/C21H32O5/c1-6-14(4)9-10-16-19(24)17(18(23)13(2)3)20(25)21(16,26)11-7-8-15(5)12-22/h8-9,13,16,22,25-26H,6-7,10-12H2,1-5H3/t16-,21+/m1/s1. The summed E-state index contributed by atoms with van der Waals surface area (Å²) in [6.45, 7) is 8.95. The van der Waals surface area contributed by atoms with Crippen molar-refractivity contribution in [2.75, 3.05) is 6.61 Å². The molecule has 0 spiro atoms. The number of carbonyl (C=O) groups is 2. The van der Waals surface area contributed by atoms with Crippen LogP contribution in [0.25, 0.3) is 0 Å². The third-order valence-corrected chi connectivity index (χ3v) is 5.08. The first-order valence-corrected chi connectivity index (χ1v) is 9.26. The normalized spacial score (nSPS) is 24.8. The molecule has 0 aliphatic heterocycles. The van der Waals surface area contributed by atoms with Crippen molar-refractivity contribution >= 4 is 11.6 Å². The highest BCUT2D eigenvalue weighted by Crippen LogP contribution is 2.43. The molecule has 0 aromatic heterocycles. The molecule has 0 bridgehead atoms. The van der Waals surface area contributed by atoms with E-state index in [1.807, 2.05) is 19.9 Å². The van der Waals surface area contributed by atoms with Crippen molar-refractivity contribution in [3.05, 3.63) is 34.6 Å². The van der Waals surface area contributed by atoms with Gasteiger partial charge in [0.05, 0.1) is 12.5 Å². The van der Waals surface area contributed by atoms with Crippen LogP contribution in [0.2, 0.25) is 0 Å². The van der Waals surface area contributed by atoms with Crippen molar-refractivity contribution in [2.24, 2.45) is 11.8 Å². The minimum absolute atomic E-state index is 0.0852. The number of hydrogen-bond donors (Lipinski definition) is 3. The Kier molecular flexibility index (Phi) is 7.97. The van der Waals surface area contributed by atoms with E-state index in [1.165, 1.54) is 0 Å². The van der Waals surface area contributed by atoms with Gasteiger partial charge in [-0.05, 0) is 39.5 Å². The van der Waals surface area contributed by atoms with Gasteiger partial charge in [0.1, 0.15) is 16.9 Å². The minimum Gasteiger partial charge on any atom is -0.508 e. The number of aliphatic hydroxyl groups is 3. The highest BCUT2D eigenvalue weighted by molar-refractivity contribution is 6.24. The molecular weight excluding hydrogens is 332 g/mol. The van der Waals surface area contributed by atoms with Gasteiger partial charge in [0, 0.05) is 5.92 Å². The molecule has 2 atom stereocenters. The van der Waals surface area contributed by atoms with Gasteiger partial charge >= 0.3 is 0 Å². The van der Waals surface area contributed by atoms with Crippen LogP contribution in [-0.2, 0) is 9.59 Å². The number of carbonyl (C=O) groups excluding carboxylic acids is 2. The quantitative estimate of drug-likeness (QED) is 0.430. The molecule has 0 fully saturated rings. The largest absolute Gasteiger partial charge is 0.508 e. The lowest BCUT2D eigenvalue weighted by atomic mass is 9.82. The molecule has 5 nitrogen and oxygen atoms in total.